The van der Waals surface area contributed by atoms with E-state index in [0.29, 0.717) is 13.1 Å². The van der Waals surface area contributed by atoms with Crippen LogP contribution in [0, 0.1) is 0 Å². The minimum Gasteiger partial charge on any atom is -0.329 e. The molecule has 0 spiro atoms. The van der Waals surface area contributed by atoms with E-state index in [1.807, 2.05) is 24.3 Å². The number of hydrogen-bond acceptors (Lipinski definition) is 3. The molecular weight excluding hydrogens is 176 g/mol. The van der Waals surface area contributed by atoms with Gasteiger partial charge < -0.3 is 11.5 Å². The SMILES string of the molecule is CCc1ccc(C=O)cc1.NCCN. The van der Waals surface area contributed by atoms with Gasteiger partial charge in [0.15, 0.2) is 0 Å². The fraction of sp³-hybridized carbons (Fsp3) is 0.364. The number of rotatable bonds is 3. The molecule has 0 radical (unpaired) electrons. The summed E-state index contributed by atoms with van der Waals surface area (Å²) in [7, 11) is 0. The second kappa shape index (κ2) is 8.41. The standard InChI is InChI=1S/C9H10O.C2H8N2/c1-2-8-3-5-9(7-10)6-4-8;3-1-2-4/h3-7H,2H2,1H3;1-4H2. The lowest BCUT2D eigenvalue weighted by molar-refractivity contribution is 0.112. The van der Waals surface area contributed by atoms with Crippen LogP contribution in [0.5, 0.6) is 0 Å². The van der Waals surface area contributed by atoms with Gasteiger partial charge in [0.25, 0.3) is 0 Å². The van der Waals surface area contributed by atoms with E-state index < -0.39 is 0 Å². The van der Waals surface area contributed by atoms with Crippen molar-refractivity contribution in [3.63, 3.8) is 0 Å². The van der Waals surface area contributed by atoms with E-state index in [1.165, 1.54) is 5.56 Å². The molecule has 0 bridgehead atoms. The molecule has 1 aromatic rings. The topological polar surface area (TPSA) is 69.1 Å². The van der Waals surface area contributed by atoms with Crippen molar-refractivity contribution >= 4 is 6.29 Å². The second-order valence-electron chi connectivity index (χ2n) is 2.79. The van der Waals surface area contributed by atoms with Crippen LogP contribution in [0.25, 0.3) is 0 Å². The molecule has 0 aliphatic rings. The van der Waals surface area contributed by atoms with E-state index in [1.54, 1.807) is 0 Å². The number of hydrogen-bond donors (Lipinski definition) is 2. The molecule has 0 fully saturated rings. The molecule has 0 heterocycles. The van der Waals surface area contributed by atoms with Crippen LogP contribution >= 0.6 is 0 Å². The van der Waals surface area contributed by atoms with Gasteiger partial charge in [-0.2, -0.15) is 0 Å². The Labute approximate surface area is 85.1 Å². The van der Waals surface area contributed by atoms with Crippen LogP contribution < -0.4 is 11.5 Å². The summed E-state index contributed by atoms with van der Waals surface area (Å²) in [5, 5.41) is 0. The average molecular weight is 194 g/mol. The zero-order chi connectivity index (χ0) is 10.8. The monoisotopic (exact) mass is 194 g/mol. The van der Waals surface area contributed by atoms with E-state index >= 15 is 0 Å². The first-order valence-electron chi connectivity index (χ1n) is 4.72. The summed E-state index contributed by atoms with van der Waals surface area (Å²) in [5.41, 5.74) is 11.8. The molecule has 1 aromatic carbocycles. The third kappa shape index (κ3) is 5.45. The van der Waals surface area contributed by atoms with E-state index in [4.69, 9.17) is 11.5 Å². The van der Waals surface area contributed by atoms with Crippen molar-refractivity contribution < 1.29 is 4.79 Å². The Morgan fingerprint density at radius 2 is 1.64 bits per heavy atom. The molecule has 0 aliphatic heterocycles. The summed E-state index contributed by atoms with van der Waals surface area (Å²) in [4.78, 5) is 10.2. The highest BCUT2D eigenvalue weighted by molar-refractivity contribution is 5.74. The predicted octanol–water partition coefficient (Wildman–Crippen LogP) is 0.965. The quantitative estimate of drug-likeness (QED) is 0.704. The molecule has 0 saturated carbocycles. The van der Waals surface area contributed by atoms with Crippen molar-refractivity contribution in [1.82, 2.24) is 0 Å². The van der Waals surface area contributed by atoms with Crippen molar-refractivity contribution in [2.75, 3.05) is 13.1 Å². The molecule has 78 valence electrons. The zero-order valence-corrected chi connectivity index (χ0v) is 8.57. The van der Waals surface area contributed by atoms with Crippen LogP contribution in [0.1, 0.15) is 22.8 Å². The predicted molar refractivity (Wildman–Crippen MR) is 59.3 cm³/mol. The molecule has 0 saturated heterocycles. The van der Waals surface area contributed by atoms with Crippen LogP contribution in [0.2, 0.25) is 0 Å². The van der Waals surface area contributed by atoms with Gasteiger partial charge in [-0.15, -0.1) is 0 Å². The van der Waals surface area contributed by atoms with Crippen molar-refractivity contribution in [2.45, 2.75) is 13.3 Å². The Balaban J connectivity index is 0.000000364. The number of carbonyl (C=O) groups is 1. The van der Waals surface area contributed by atoms with Crippen LogP contribution in [0.4, 0.5) is 0 Å². The second-order valence-corrected chi connectivity index (χ2v) is 2.79. The lowest BCUT2D eigenvalue weighted by Gasteiger charge is -1.93. The number of benzene rings is 1. The summed E-state index contributed by atoms with van der Waals surface area (Å²) in [5.74, 6) is 0. The van der Waals surface area contributed by atoms with E-state index in [-0.39, 0.29) is 0 Å². The first-order chi connectivity index (χ1) is 6.78. The Morgan fingerprint density at radius 1 is 1.14 bits per heavy atom. The maximum absolute atomic E-state index is 10.2. The highest BCUT2D eigenvalue weighted by atomic mass is 16.1. The maximum Gasteiger partial charge on any atom is 0.150 e. The molecule has 0 atom stereocenters. The van der Waals surface area contributed by atoms with Crippen LogP contribution in [-0.2, 0) is 6.42 Å². The first kappa shape index (κ1) is 12.8. The van der Waals surface area contributed by atoms with Gasteiger partial charge in [0.2, 0.25) is 0 Å². The summed E-state index contributed by atoms with van der Waals surface area (Å²) in [6.45, 7) is 3.29. The van der Waals surface area contributed by atoms with Crippen LogP contribution in [-0.4, -0.2) is 19.4 Å². The number of carbonyl (C=O) groups excluding carboxylic acids is 1. The van der Waals surface area contributed by atoms with Crippen molar-refractivity contribution in [3.05, 3.63) is 35.4 Å². The summed E-state index contributed by atoms with van der Waals surface area (Å²) < 4.78 is 0. The average Bonchev–Trinajstić information content (AvgIpc) is 2.29. The summed E-state index contributed by atoms with van der Waals surface area (Å²) in [6, 6.07) is 7.63. The smallest absolute Gasteiger partial charge is 0.150 e. The van der Waals surface area contributed by atoms with Crippen LogP contribution in [0.15, 0.2) is 24.3 Å². The van der Waals surface area contributed by atoms with E-state index in [0.717, 1.165) is 18.3 Å². The lowest BCUT2D eigenvalue weighted by Crippen LogP contribution is -2.11. The van der Waals surface area contributed by atoms with Gasteiger partial charge in [-0.25, -0.2) is 0 Å². The Kier molecular flexibility index (Phi) is 7.70. The molecule has 3 nitrogen and oxygen atoms in total. The van der Waals surface area contributed by atoms with Gasteiger partial charge in [0.1, 0.15) is 6.29 Å². The van der Waals surface area contributed by atoms with E-state index in [2.05, 4.69) is 6.92 Å². The summed E-state index contributed by atoms with van der Waals surface area (Å²) in [6.07, 6.45) is 1.89. The maximum atomic E-state index is 10.2. The first-order valence-corrected chi connectivity index (χ1v) is 4.72. The fourth-order valence-electron chi connectivity index (χ4n) is 0.832. The number of aryl methyl sites for hydroxylation is 1. The third-order valence-corrected chi connectivity index (χ3v) is 1.69. The molecule has 1 rings (SSSR count). The Hall–Kier alpha value is -1.19. The molecule has 4 N–H and O–H groups in total. The van der Waals surface area contributed by atoms with Crippen molar-refractivity contribution in [2.24, 2.45) is 11.5 Å². The largest absolute Gasteiger partial charge is 0.329 e. The van der Waals surface area contributed by atoms with Crippen molar-refractivity contribution in [1.29, 1.82) is 0 Å². The highest BCUT2D eigenvalue weighted by Gasteiger charge is 1.88. The normalized spacial score (nSPS) is 8.79. The molecule has 3 heteroatoms. The molecule has 0 unspecified atom stereocenters. The minimum atomic E-state index is 0.597. The highest BCUT2D eigenvalue weighted by Crippen LogP contribution is 2.01. The Bertz CT molecular complexity index is 242. The summed E-state index contributed by atoms with van der Waals surface area (Å²) >= 11 is 0. The molecule has 0 aromatic heterocycles. The third-order valence-electron chi connectivity index (χ3n) is 1.69. The van der Waals surface area contributed by atoms with Gasteiger partial charge >= 0.3 is 0 Å². The molecule has 0 aliphatic carbocycles. The van der Waals surface area contributed by atoms with Crippen LogP contribution in [0.3, 0.4) is 0 Å². The molecular formula is C11H18N2O. The van der Waals surface area contributed by atoms with E-state index in [9.17, 15) is 4.79 Å². The van der Waals surface area contributed by atoms with Gasteiger partial charge in [-0.1, -0.05) is 31.2 Å². The number of nitrogens with two attached hydrogens (primary N) is 2. The fourth-order valence-corrected chi connectivity index (χ4v) is 0.832. The zero-order valence-electron chi connectivity index (χ0n) is 8.57. The van der Waals surface area contributed by atoms with Gasteiger partial charge in [-0.3, -0.25) is 4.79 Å². The Morgan fingerprint density at radius 3 is 1.93 bits per heavy atom. The minimum absolute atomic E-state index is 0.597. The van der Waals surface area contributed by atoms with Gasteiger partial charge in [0, 0.05) is 18.7 Å². The lowest BCUT2D eigenvalue weighted by atomic mass is 10.1. The molecule has 0 amide bonds. The number of aldehydes is 1. The molecule has 14 heavy (non-hydrogen) atoms. The van der Waals surface area contributed by atoms with Gasteiger partial charge in [0.05, 0.1) is 0 Å². The van der Waals surface area contributed by atoms with Crippen molar-refractivity contribution in [3.8, 4) is 0 Å². The van der Waals surface area contributed by atoms with Gasteiger partial charge in [-0.05, 0) is 12.0 Å².